The van der Waals surface area contributed by atoms with Crippen molar-refractivity contribution in [3.8, 4) is 5.69 Å². The molecule has 1 fully saturated rings. The van der Waals surface area contributed by atoms with Gasteiger partial charge in [0.2, 0.25) is 0 Å². The number of rotatable bonds is 4. The van der Waals surface area contributed by atoms with Crippen LogP contribution in [0.15, 0.2) is 30.7 Å². The third kappa shape index (κ3) is 2.96. The lowest BCUT2D eigenvalue weighted by atomic mass is 10.2. The van der Waals surface area contributed by atoms with Gasteiger partial charge in [0, 0.05) is 17.8 Å². The van der Waals surface area contributed by atoms with E-state index in [1.54, 1.807) is 30.8 Å². The van der Waals surface area contributed by atoms with Gasteiger partial charge in [-0.3, -0.25) is 0 Å². The van der Waals surface area contributed by atoms with Crippen molar-refractivity contribution < 1.29 is 13.9 Å². The molecule has 2 aromatic rings. The summed E-state index contributed by atoms with van der Waals surface area (Å²) in [6.45, 7) is 3.47. The van der Waals surface area contributed by atoms with Gasteiger partial charge >= 0.3 is 5.97 Å². The molecule has 3 rings (SSSR count). The predicted octanol–water partition coefficient (Wildman–Crippen LogP) is 3.45. The average Bonchev–Trinajstić information content (AvgIpc) is 3.16. The van der Waals surface area contributed by atoms with E-state index < -0.39 is 11.8 Å². The molecule has 1 heterocycles. The number of nitrogens with zero attached hydrogens (tertiary/aromatic N) is 2. The number of hydrogen-bond acceptors (Lipinski definition) is 3. The Morgan fingerprint density at radius 2 is 2.19 bits per heavy atom. The van der Waals surface area contributed by atoms with Gasteiger partial charge in [0.15, 0.2) is 0 Å². The van der Waals surface area contributed by atoms with E-state index in [1.165, 1.54) is 25.0 Å². The first kappa shape index (κ1) is 13.8. The van der Waals surface area contributed by atoms with Crippen molar-refractivity contribution in [2.45, 2.75) is 38.7 Å². The zero-order valence-corrected chi connectivity index (χ0v) is 12.0. The lowest BCUT2D eigenvalue weighted by Crippen LogP contribution is -2.13. The van der Waals surface area contributed by atoms with Gasteiger partial charge in [-0.05, 0) is 44.9 Å². The molecular formula is C16H17FN2O2. The molecule has 0 unspecified atom stereocenters. The summed E-state index contributed by atoms with van der Waals surface area (Å²) in [4.78, 5) is 16.2. The number of benzene rings is 1. The molecule has 0 bridgehead atoms. The lowest BCUT2D eigenvalue weighted by Gasteiger charge is -2.10. The van der Waals surface area contributed by atoms with E-state index in [9.17, 15) is 9.18 Å². The molecule has 110 valence electrons. The van der Waals surface area contributed by atoms with E-state index >= 15 is 0 Å². The topological polar surface area (TPSA) is 44.1 Å². The number of carbonyl (C=O) groups excluding carboxylic acids is 1. The number of aromatic nitrogens is 2. The number of imidazole rings is 1. The monoisotopic (exact) mass is 288 g/mol. The molecule has 0 radical (unpaired) electrons. The molecule has 0 saturated heterocycles. The summed E-state index contributed by atoms with van der Waals surface area (Å²) < 4.78 is 20.7. The van der Waals surface area contributed by atoms with Crippen LogP contribution >= 0.6 is 0 Å². The van der Waals surface area contributed by atoms with E-state index in [0.717, 1.165) is 5.69 Å². The number of esters is 1. The average molecular weight is 288 g/mol. The Labute approximate surface area is 122 Å². The minimum Gasteiger partial charge on any atom is -0.459 e. The smallest absolute Gasteiger partial charge is 0.341 e. The summed E-state index contributed by atoms with van der Waals surface area (Å²) >= 11 is 0. The van der Waals surface area contributed by atoms with E-state index in [-0.39, 0.29) is 11.7 Å². The standard InChI is InChI=1S/C16H17FN2O2/c1-10(2)21-16(20)13-7-12(5-6-14(13)17)19-8-15(18-9-19)11-3-4-11/h5-11H,3-4H2,1-2H3. The summed E-state index contributed by atoms with van der Waals surface area (Å²) in [6, 6.07) is 4.40. The molecule has 1 aromatic heterocycles. The van der Waals surface area contributed by atoms with E-state index in [2.05, 4.69) is 4.98 Å². The molecule has 1 aliphatic carbocycles. The molecule has 21 heavy (non-hydrogen) atoms. The van der Waals surface area contributed by atoms with Crippen LogP contribution in [0.1, 0.15) is 48.7 Å². The molecule has 4 nitrogen and oxygen atoms in total. The van der Waals surface area contributed by atoms with Gasteiger partial charge in [-0.15, -0.1) is 0 Å². The van der Waals surface area contributed by atoms with Crippen LogP contribution in [0.2, 0.25) is 0 Å². The molecule has 0 atom stereocenters. The molecule has 0 spiro atoms. The highest BCUT2D eigenvalue weighted by molar-refractivity contribution is 5.90. The summed E-state index contributed by atoms with van der Waals surface area (Å²) in [5.74, 6) is -0.670. The highest BCUT2D eigenvalue weighted by Crippen LogP contribution is 2.39. The first-order valence-electron chi connectivity index (χ1n) is 7.09. The largest absolute Gasteiger partial charge is 0.459 e. The summed E-state index contributed by atoms with van der Waals surface area (Å²) in [5.41, 5.74) is 1.69. The van der Waals surface area contributed by atoms with Crippen LogP contribution in [-0.4, -0.2) is 21.6 Å². The first-order valence-corrected chi connectivity index (χ1v) is 7.09. The number of halogens is 1. The van der Waals surface area contributed by atoms with Crippen LogP contribution in [0.4, 0.5) is 4.39 Å². The van der Waals surface area contributed by atoms with Crippen LogP contribution in [0.3, 0.4) is 0 Å². The van der Waals surface area contributed by atoms with Crippen LogP contribution < -0.4 is 0 Å². The van der Waals surface area contributed by atoms with Gasteiger partial charge in [-0.25, -0.2) is 14.2 Å². The molecule has 0 aliphatic heterocycles. The fourth-order valence-corrected chi connectivity index (χ4v) is 2.18. The van der Waals surface area contributed by atoms with Gasteiger partial charge in [0.25, 0.3) is 0 Å². The Morgan fingerprint density at radius 1 is 1.43 bits per heavy atom. The maximum atomic E-state index is 13.8. The van der Waals surface area contributed by atoms with Crippen LogP contribution in [0.5, 0.6) is 0 Å². The number of hydrogen-bond donors (Lipinski definition) is 0. The van der Waals surface area contributed by atoms with E-state index in [0.29, 0.717) is 11.6 Å². The maximum absolute atomic E-state index is 13.8. The lowest BCUT2D eigenvalue weighted by molar-refractivity contribution is 0.0372. The first-order chi connectivity index (χ1) is 10.0. The van der Waals surface area contributed by atoms with Crippen molar-refractivity contribution in [2.75, 3.05) is 0 Å². The molecule has 0 N–H and O–H groups in total. The van der Waals surface area contributed by atoms with Crippen molar-refractivity contribution in [1.82, 2.24) is 9.55 Å². The number of carbonyl (C=O) groups is 1. The van der Waals surface area contributed by atoms with Crippen molar-refractivity contribution in [3.63, 3.8) is 0 Å². The van der Waals surface area contributed by atoms with Gasteiger partial charge in [-0.1, -0.05) is 0 Å². The minimum atomic E-state index is -0.646. The van der Waals surface area contributed by atoms with Crippen LogP contribution in [-0.2, 0) is 4.74 Å². The Hall–Kier alpha value is -2.17. The summed E-state index contributed by atoms with van der Waals surface area (Å²) in [7, 11) is 0. The fourth-order valence-electron chi connectivity index (χ4n) is 2.18. The quantitative estimate of drug-likeness (QED) is 0.809. The molecule has 0 amide bonds. The van der Waals surface area contributed by atoms with Crippen molar-refractivity contribution >= 4 is 5.97 Å². The van der Waals surface area contributed by atoms with Crippen molar-refractivity contribution in [3.05, 3.63) is 47.8 Å². The second-order valence-electron chi connectivity index (χ2n) is 5.60. The third-order valence-corrected chi connectivity index (χ3v) is 3.41. The molecule has 1 saturated carbocycles. The van der Waals surface area contributed by atoms with Gasteiger partial charge in [0.05, 0.1) is 23.7 Å². The zero-order valence-electron chi connectivity index (χ0n) is 12.0. The third-order valence-electron chi connectivity index (χ3n) is 3.41. The summed E-state index contributed by atoms with van der Waals surface area (Å²) in [6.07, 6.45) is 5.69. The normalized spacial score (nSPS) is 14.5. The zero-order chi connectivity index (χ0) is 15.0. The molecule has 1 aliphatic rings. The predicted molar refractivity (Wildman–Crippen MR) is 76.0 cm³/mol. The summed E-state index contributed by atoms with van der Waals surface area (Å²) in [5, 5.41) is 0. The van der Waals surface area contributed by atoms with Crippen LogP contribution in [0.25, 0.3) is 5.69 Å². The Balaban J connectivity index is 1.90. The van der Waals surface area contributed by atoms with E-state index in [1.807, 2.05) is 6.20 Å². The molecule has 1 aromatic carbocycles. The minimum absolute atomic E-state index is 0.0529. The van der Waals surface area contributed by atoms with E-state index in [4.69, 9.17) is 4.74 Å². The van der Waals surface area contributed by atoms with Gasteiger partial charge in [-0.2, -0.15) is 0 Å². The maximum Gasteiger partial charge on any atom is 0.341 e. The van der Waals surface area contributed by atoms with Gasteiger partial charge in [0.1, 0.15) is 5.82 Å². The Kier molecular flexibility index (Phi) is 3.49. The van der Waals surface area contributed by atoms with Crippen molar-refractivity contribution in [1.29, 1.82) is 0 Å². The Bertz CT molecular complexity index is 675. The molecular weight excluding hydrogens is 271 g/mol. The molecule has 5 heteroatoms. The second kappa shape index (κ2) is 5.31. The van der Waals surface area contributed by atoms with Crippen LogP contribution in [0, 0.1) is 5.82 Å². The highest BCUT2D eigenvalue weighted by atomic mass is 19.1. The number of ether oxygens (including phenoxy) is 1. The second-order valence-corrected chi connectivity index (χ2v) is 5.60. The van der Waals surface area contributed by atoms with Crippen molar-refractivity contribution in [2.24, 2.45) is 0 Å². The highest BCUT2D eigenvalue weighted by Gasteiger charge is 2.26. The fraction of sp³-hybridized carbons (Fsp3) is 0.375. The van der Waals surface area contributed by atoms with Gasteiger partial charge < -0.3 is 9.30 Å². The Morgan fingerprint density at radius 3 is 2.86 bits per heavy atom. The SMILES string of the molecule is CC(C)OC(=O)c1cc(-n2cnc(C3CC3)c2)ccc1F.